The Labute approximate surface area is 204 Å². The quantitative estimate of drug-likeness (QED) is 0.402. The summed E-state index contributed by atoms with van der Waals surface area (Å²) in [5.41, 5.74) is 5.18. The van der Waals surface area contributed by atoms with Crippen LogP contribution in [-0.4, -0.2) is 53.8 Å². The smallest absolute Gasteiger partial charge is 0.234 e. The summed E-state index contributed by atoms with van der Waals surface area (Å²) in [6.07, 6.45) is 0. The van der Waals surface area contributed by atoms with Gasteiger partial charge in [0.1, 0.15) is 5.03 Å². The molecule has 1 aliphatic heterocycles. The van der Waals surface area contributed by atoms with Crippen molar-refractivity contribution in [1.82, 2.24) is 10.2 Å². The van der Waals surface area contributed by atoms with Gasteiger partial charge in [0.05, 0.1) is 5.75 Å². The average molecular weight is 476 g/mol. The van der Waals surface area contributed by atoms with Gasteiger partial charge in [0.2, 0.25) is 5.91 Å². The second kappa shape index (κ2) is 10.7. The Morgan fingerprint density at radius 3 is 2.26 bits per heavy atom. The summed E-state index contributed by atoms with van der Waals surface area (Å²) in [6.45, 7) is 9.46. The van der Waals surface area contributed by atoms with Crippen molar-refractivity contribution < 1.29 is 9.59 Å². The van der Waals surface area contributed by atoms with Crippen LogP contribution in [-0.2, 0) is 4.79 Å². The summed E-state index contributed by atoms with van der Waals surface area (Å²) in [5.74, 6) is 0.962. The van der Waals surface area contributed by atoms with E-state index in [2.05, 4.69) is 57.4 Å². The van der Waals surface area contributed by atoms with E-state index in [0.29, 0.717) is 16.3 Å². The third kappa shape index (κ3) is 5.94. The first kappa shape index (κ1) is 23.8. The first-order chi connectivity index (χ1) is 16.4. The first-order valence-corrected chi connectivity index (χ1v) is 12.3. The Bertz CT molecular complexity index is 1160. The minimum Gasteiger partial charge on any atom is -0.368 e. The molecule has 0 atom stereocenters. The fourth-order valence-corrected chi connectivity index (χ4v) is 4.53. The number of amides is 1. The van der Waals surface area contributed by atoms with E-state index in [1.165, 1.54) is 35.5 Å². The third-order valence-electron chi connectivity index (χ3n) is 5.86. The zero-order valence-electron chi connectivity index (χ0n) is 19.7. The van der Waals surface area contributed by atoms with Crippen LogP contribution in [0.3, 0.4) is 0 Å². The Morgan fingerprint density at radius 2 is 1.62 bits per heavy atom. The number of aromatic nitrogens is 2. The summed E-state index contributed by atoms with van der Waals surface area (Å²) in [7, 11) is 0. The molecule has 176 valence electrons. The van der Waals surface area contributed by atoms with Crippen LogP contribution in [0.15, 0.2) is 59.6 Å². The van der Waals surface area contributed by atoms with Gasteiger partial charge in [0, 0.05) is 43.1 Å². The van der Waals surface area contributed by atoms with Gasteiger partial charge in [-0.15, -0.1) is 10.2 Å². The zero-order chi connectivity index (χ0) is 24.1. The lowest BCUT2D eigenvalue weighted by Crippen LogP contribution is -2.47. The fourth-order valence-electron chi connectivity index (χ4n) is 3.92. The van der Waals surface area contributed by atoms with E-state index in [4.69, 9.17) is 0 Å². The summed E-state index contributed by atoms with van der Waals surface area (Å²) in [4.78, 5) is 28.3. The van der Waals surface area contributed by atoms with E-state index in [-0.39, 0.29) is 17.4 Å². The van der Waals surface area contributed by atoms with Gasteiger partial charge in [-0.25, -0.2) is 0 Å². The van der Waals surface area contributed by atoms with Crippen molar-refractivity contribution in [1.29, 1.82) is 0 Å². The number of rotatable bonds is 7. The normalized spacial score (nSPS) is 13.6. The molecule has 0 unspecified atom stereocenters. The predicted molar refractivity (Wildman–Crippen MR) is 138 cm³/mol. The maximum atomic E-state index is 12.3. The van der Waals surface area contributed by atoms with Gasteiger partial charge in [0.15, 0.2) is 11.6 Å². The SMILES string of the molecule is CC(=O)c1ccc(NC(=O)CSc2ccc(N3CCN(c4cc(C)ccc4C)CC3)nn2)cc1. The number of nitrogens with one attached hydrogen (secondary N) is 1. The van der Waals surface area contributed by atoms with E-state index < -0.39 is 0 Å². The van der Waals surface area contributed by atoms with Crippen LogP contribution < -0.4 is 15.1 Å². The molecule has 1 amide bonds. The minimum atomic E-state index is -0.131. The number of carbonyl (C=O) groups is 2. The standard InChI is InChI=1S/C26H29N5O2S/c1-18-4-5-19(2)23(16-18)30-12-14-31(15-13-30)24-10-11-26(29-28-24)34-17-25(33)27-22-8-6-21(7-9-22)20(3)32/h4-11,16H,12-15,17H2,1-3H3,(H,27,33). The lowest BCUT2D eigenvalue weighted by atomic mass is 10.1. The lowest BCUT2D eigenvalue weighted by Gasteiger charge is -2.37. The van der Waals surface area contributed by atoms with Gasteiger partial charge in [-0.05, 0) is 74.4 Å². The number of nitrogens with zero attached hydrogens (tertiary/aromatic N) is 4. The van der Waals surface area contributed by atoms with Crippen molar-refractivity contribution in [3.05, 3.63) is 71.3 Å². The zero-order valence-corrected chi connectivity index (χ0v) is 20.6. The van der Waals surface area contributed by atoms with Crippen LogP contribution in [0.25, 0.3) is 0 Å². The maximum Gasteiger partial charge on any atom is 0.234 e. The van der Waals surface area contributed by atoms with Gasteiger partial charge in [0.25, 0.3) is 0 Å². The Hall–Kier alpha value is -3.39. The third-order valence-corrected chi connectivity index (χ3v) is 6.78. The number of thioether (sulfide) groups is 1. The summed E-state index contributed by atoms with van der Waals surface area (Å²) < 4.78 is 0. The molecule has 1 fully saturated rings. The highest BCUT2D eigenvalue weighted by molar-refractivity contribution is 7.99. The molecule has 34 heavy (non-hydrogen) atoms. The molecule has 1 aliphatic rings. The first-order valence-electron chi connectivity index (χ1n) is 11.3. The van der Waals surface area contributed by atoms with Crippen LogP contribution in [0.5, 0.6) is 0 Å². The largest absolute Gasteiger partial charge is 0.368 e. The number of anilines is 3. The molecule has 1 N–H and O–H groups in total. The van der Waals surface area contributed by atoms with Gasteiger partial charge in [-0.3, -0.25) is 9.59 Å². The van der Waals surface area contributed by atoms with Crippen molar-refractivity contribution in [2.45, 2.75) is 25.8 Å². The number of benzene rings is 2. The molecule has 1 aromatic heterocycles. The van der Waals surface area contributed by atoms with Gasteiger partial charge in [-0.1, -0.05) is 23.9 Å². The van der Waals surface area contributed by atoms with Crippen LogP contribution in [0, 0.1) is 13.8 Å². The molecule has 0 spiro atoms. The monoisotopic (exact) mass is 475 g/mol. The van der Waals surface area contributed by atoms with E-state index in [1.807, 2.05) is 12.1 Å². The molecular formula is C26H29N5O2S. The number of carbonyl (C=O) groups excluding carboxylic acids is 2. The van der Waals surface area contributed by atoms with Crippen molar-refractivity contribution in [3.63, 3.8) is 0 Å². The number of hydrogen-bond donors (Lipinski definition) is 1. The van der Waals surface area contributed by atoms with Gasteiger partial charge >= 0.3 is 0 Å². The summed E-state index contributed by atoms with van der Waals surface area (Å²) in [5, 5.41) is 12.2. The second-order valence-corrected chi connectivity index (χ2v) is 9.46. The molecular weight excluding hydrogens is 446 g/mol. The van der Waals surface area contributed by atoms with Crippen molar-refractivity contribution in [3.8, 4) is 0 Å². The molecule has 0 radical (unpaired) electrons. The summed E-state index contributed by atoms with van der Waals surface area (Å²) in [6, 6.07) is 17.4. The highest BCUT2D eigenvalue weighted by Crippen LogP contribution is 2.24. The van der Waals surface area contributed by atoms with E-state index in [1.54, 1.807) is 24.3 Å². The minimum absolute atomic E-state index is 0.00120. The number of Topliss-reactive ketones (excluding diaryl/α,β-unsaturated/α-hetero) is 1. The van der Waals surface area contributed by atoms with Crippen LogP contribution in [0.2, 0.25) is 0 Å². The molecule has 1 saturated heterocycles. The molecule has 3 aromatic rings. The molecule has 4 rings (SSSR count). The van der Waals surface area contributed by atoms with E-state index in [9.17, 15) is 9.59 Å². The van der Waals surface area contributed by atoms with Crippen molar-refractivity contribution in [2.75, 3.05) is 47.0 Å². The van der Waals surface area contributed by atoms with E-state index in [0.717, 1.165) is 32.0 Å². The predicted octanol–water partition coefficient (Wildman–Crippen LogP) is 4.35. The summed E-state index contributed by atoms with van der Waals surface area (Å²) >= 11 is 1.35. The molecule has 0 aliphatic carbocycles. The van der Waals surface area contributed by atoms with E-state index >= 15 is 0 Å². The number of piperazine rings is 1. The van der Waals surface area contributed by atoms with Crippen LogP contribution >= 0.6 is 11.8 Å². The molecule has 8 heteroatoms. The van der Waals surface area contributed by atoms with Gasteiger partial charge < -0.3 is 15.1 Å². The molecule has 2 aromatic carbocycles. The van der Waals surface area contributed by atoms with Gasteiger partial charge in [-0.2, -0.15) is 0 Å². The van der Waals surface area contributed by atoms with Crippen molar-refractivity contribution in [2.24, 2.45) is 0 Å². The molecule has 0 saturated carbocycles. The number of ketones is 1. The number of hydrogen-bond acceptors (Lipinski definition) is 7. The fraction of sp³-hybridized carbons (Fsp3) is 0.308. The number of aryl methyl sites for hydroxylation is 2. The lowest BCUT2D eigenvalue weighted by molar-refractivity contribution is -0.113. The molecule has 0 bridgehead atoms. The van der Waals surface area contributed by atoms with Crippen LogP contribution in [0.1, 0.15) is 28.4 Å². The molecule has 7 nitrogen and oxygen atoms in total. The van der Waals surface area contributed by atoms with Crippen LogP contribution in [0.4, 0.5) is 17.2 Å². The average Bonchev–Trinajstić information content (AvgIpc) is 2.85. The maximum absolute atomic E-state index is 12.3. The molecule has 2 heterocycles. The highest BCUT2D eigenvalue weighted by atomic mass is 32.2. The highest BCUT2D eigenvalue weighted by Gasteiger charge is 2.20. The topological polar surface area (TPSA) is 78.4 Å². The van der Waals surface area contributed by atoms with Crippen molar-refractivity contribution >= 4 is 40.6 Å². The second-order valence-electron chi connectivity index (χ2n) is 8.46. The Kier molecular flexibility index (Phi) is 7.47. The Morgan fingerprint density at radius 1 is 0.912 bits per heavy atom. The Balaban J connectivity index is 1.26.